The molecule has 2 aliphatic carbocycles. The van der Waals surface area contributed by atoms with Gasteiger partial charge in [-0.15, -0.1) is 0 Å². The summed E-state index contributed by atoms with van der Waals surface area (Å²) < 4.78 is 0. The lowest BCUT2D eigenvalue weighted by molar-refractivity contribution is 0.0697. The number of fused-ring (bicyclic) bond motifs is 7. The molecule has 0 radical (unpaired) electrons. The van der Waals surface area contributed by atoms with Gasteiger partial charge in [-0.1, -0.05) is 42.5 Å². The Kier molecular flexibility index (Phi) is 2.99. The zero-order valence-corrected chi connectivity index (χ0v) is 13.5. The minimum Gasteiger partial charge on any atom is -0.478 e. The van der Waals surface area contributed by atoms with E-state index >= 15 is 0 Å². The van der Waals surface area contributed by atoms with E-state index in [1.807, 2.05) is 12.1 Å². The first-order valence-electron chi connectivity index (χ1n) is 8.91. The fraction of sp³-hybridized carbons (Fsp3) is 0.381. The Morgan fingerprint density at radius 1 is 1.00 bits per heavy atom. The third-order valence-corrected chi connectivity index (χ3v) is 6.51. The predicted molar refractivity (Wildman–Crippen MR) is 93.3 cm³/mol. The number of hydrogen-bond donors (Lipinski definition) is 2. The number of benzene rings is 2. The molecule has 0 saturated heterocycles. The summed E-state index contributed by atoms with van der Waals surface area (Å²) in [5.41, 5.74) is 3.78. The third kappa shape index (κ3) is 1.87. The highest BCUT2D eigenvalue weighted by atomic mass is 16.4. The number of carboxylic acids is 1. The Morgan fingerprint density at radius 3 is 2.58 bits per heavy atom. The van der Waals surface area contributed by atoms with Crippen molar-refractivity contribution in [2.75, 3.05) is 5.32 Å². The molecule has 2 N–H and O–H groups in total. The Bertz CT molecular complexity index is 801. The van der Waals surface area contributed by atoms with Crippen molar-refractivity contribution in [2.24, 2.45) is 17.8 Å². The van der Waals surface area contributed by atoms with Crippen LogP contribution in [-0.2, 0) is 0 Å². The minimum atomic E-state index is -0.840. The molecular formula is C21H21NO2. The maximum absolute atomic E-state index is 11.7. The molecule has 122 valence electrons. The van der Waals surface area contributed by atoms with Crippen molar-refractivity contribution in [3.8, 4) is 0 Å². The molecule has 3 nitrogen and oxygen atoms in total. The van der Waals surface area contributed by atoms with Crippen LogP contribution >= 0.6 is 0 Å². The normalized spacial score (nSPS) is 32.8. The summed E-state index contributed by atoms with van der Waals surface area (Å²) in [7, 11) is 0. The van der Waals surface area contributed by atoms with E-state index in [-0.39, 0.29) is 6.04 Å². The second-order valence-electron chi connectivity index (χ2n) is 7.54. The lowest BCUT2D eigenvalue weighted by atomic mass is 9.67. The minimum absolute atomic E-state index is 0.222. The van der Waals surface area contributed by atoms with Crippen molar-refractivity contribution in [1.82, 2.24) is 0 Å². The predicted octanol–water partition coefficient (Wildman–Crippen LogP) is 4.68. The quantitative estimate of drug-likeness (QED) is 0.845. The van der Waals surface area contributed by atoms with E-state index in [0.29, 0.717) is 17.4 Å². The number of hydrogen-bond acceptors (Lipinski definition) is 2. The van der Waals surface area contributed by atoms with Crippen molar-refractivity contribution >= 4 is 11.7 Å². The Balaban J connectivity index is 1.69. The molecule has 5 rings (SSSR count). The zero-order valence-electron chi connectivity index (χ0n) is 13.5. The second kappa shape index (κ2) is 5.10. The van der Waals surface area contributed by atoms with Gasteiger partial charge in [-0.3, -0.25) is 0 Å². The maximum Gasteiger partial charge on any atom is 0.337 e. The summed E-state index contributed by atoms with van der Waals surface area (Å²) in [6.45, 7) is 0. The molecule has 0 amide bonds. The SMILES string of the molecule is O=C(O)c1cccc2c1NC(c1ccccc1)C1C3CCC(C3)C21. The molecule has 3 heteroatoms. The largest absolute Gasteiger partial charge is 0.478 e. The number of anilines is 1. The van der Waals surface area contributed by atoms with Crippen molar-refractivity contribution in [1.29, 1.82) is 0 Å². The van der Waals surface area contributed by atoms with Gasteiger partial charge in [0, 0.05) is 0 Å². The topological polar surface area (TPSA) is 49.3 Å². The number of aromatic carboxylic acids is 1. The van der Waals surface area contributed by atoms with E-state index < -0.39 is 5.97 Å². The standard InChI is InChI=1S/C21H21NO2/c23-21(24)16-8-4-7-15-17-13-9-10-14(11-13)18(17)19(22-20(15)16)12-5-2-1-3-6-12/h1-8,13-14,17-19,22H,9-11H2,(H,23,24). The van der Waals surface area contributed by atoms with Gasteiger partial charge in [-0.2, -0.15) is 0 Å². The molecule has 1 aliphatic heterocycles. The lowest BCUT2D eigenvalue weighted by Crippen LogP contribution is -2.36. The van der Waals surface area contributed by atoms with Crippen LogP contribution in [0.15, 0.2) is 48.5 Å². The molecule has 5 unspecified atom stereocenters. The number of carboxylic acid groups (broad SMARTS) is 1. The average Bonchev–Trinajstić information content (AvgIpc) is 3.23. The first-order chi connectivity index (χ1) is 11.7. The van der Waals surface area contributed by atoms with Crippen molar-refractivity contribution in [3.63, 3.8) is 0 Å². The van der Waals surface area contributed by atoms with E-state index in [2.05, 4.69) is 35.6 Å². The number of carbonyl (C=O) groups is 1. The van der Waals surface area contributed by atoms with Crippen LogP contribution in [0.1, 0.15) is 52.7 Å². The molecule has 2 bridgehead atoms. The van der Waals surface area contributed by atoms with Gasteiger partial charge in [0.05, 0.1) is 17.3 Å². The van der Waals surface area contributed by atoms with Crippen LogP contribution in [0.3, 0.4) is 0 Å². The van der Waals surface area contributed by atoms with E-state index in [0.717, 1.165) is 17.5 Å². The highest BCUT2D eigenvalue weighted by Crippen LogP contribution is 2.63. The highest BCUT2D eigenvalue weighted by Gasteiger charge is 2.54. The summed E-state index contributed by atoms with van der Waals surface area (Å²) in [5.74, 6) is 1.73. The van der Waals surface area contributed by atoms with Gasteiger partial charge in [0.2, 0.25) is 0 Å². The molecule has 3 aliphatic rings. The molecule has 2 aromatic rings. The molecule has 0 spiro atoms. The van der Waals surface area contributed by atoms with Crippen LogP contribution in [0.2, 0.25) is 0 Å². The van der Waals surface area contributed by atoms with Crippen LogP contribution in [0.25, 0.3) is 0 Å². The Morgan fingerprint density at radius 2 is 1.79 bits per heavy atom. The van der Waals surface area contributed by atoms with Gasteiger partial charge in [0.1, 0.15) is 0 Å². The Hall–Kier alpha value is -2.29. The van der Waals surface area contributed by atoms with Crippen molar-refractivity contribution < 1.29 is 9.90 Å². The van der Waals surface area contributed by atoms with Gasteiger partial charge in [-0.05, 0) is 60.1 Å². The van der Waals surface area contributed by atoms with E-state index in [1.54, 1.807) is 6.07 Å². The Labute approximate surface area is 141 Å². The smallest absolute Gasteiger partial charge is 0.337 e. The summed E-state index contributed by atoms with van der Waals surface area (Å²) in [5, 5.41) is 13.3. The lowest BCUT2D eigenvalue weighted by Gasteiger charge is -2.44. The van der Waals surface area contributed by atoms with E-state index in [4.69, 9.17) is 0 Å². The molecule has 0 aromatic heterocycles. The van der Waals surface area contributed by atoms with Gasteiger partial charge in [-0.25, -0.2) is 4.79 Å². The highest BCUT2D eigenvalue weighted by molar-refractivity contribution is 5.95. The fourth-order valence-corrected chi connectivity index (χ4v) is 5.68. The monoisotopic (exact) mass is 319 g/mol. The van der Waals surface area contributed by atoms with Crippen LogP contribution in [0, 0.1) is 17.8 Å². The van der Waals surface area contributed by atoms with Crippen LogP contribution in [0.4, 0.5) is 5.69 Å². The average molecular weight is 319 g/mol. The molecule has 1 heterocycles. The van der Waals surface area contributed by atoms with Gasteiger partial charge >= 0.3 is 5.97 Å². The summed E-state index contributed by atoms with van der Waals surface area (Å²) in [6, 6.07) is 16.6. The third-order valence-electron chi connectivity index (χ3n) is 6.51. The molecular weight excluding hydrogens is 298 g/mol. The number of para-hydroxylation sites is 1. The first kappa shape index (κ1) is 14.1. The first-order valence-corrected chi connectivity index (χ1v) is 8.91. The second-order valence-corrected chi connectivity index (χ2v) is 7.54. The fourth-order valence-electron chi connectivity index (χ4n) is 5.68. The van der Waals surface area contributed by atoms with Crippen LogP contribution in [-0.4, -0.2) is 11.1 Å². The van der Waals surface area contributed by atoms with Crippen LogP contribution in [0.5, 0.6) is 0 Å². The molecule has 2 aromatic carbocycles. The summed E-state index contributed by atoms with van der Waals surface area (Å²) in [4.78, 5) is 11.7. The number of nitrogens with one attached hydrogen (secondary N) is 1. The maximum atomic E-state index is 11.7. The van der Waals surface area contributed by atoms with Crippen molar-refractivity contribution in [3.05, 3.63) is 65.2 Å². The zero-order chi connectivity index (χ0) is 16.3. The van der Waals surface area contributed by atoms with Gasteiger partial charge in [0.15, 0.2) is 0 Å². The van der Waals surface area contributed by atoms with Crippen LogP contribution < -0.4 is 5.32 Å². The summed E-state index contributed by atoms with van der Waals surface area (Å²) >= 11 is 0. The molecule has 2 fully saturated rings. The molecule has 24 heavy (non-hydrogen) atoms. The summed E-state index contributed by atoms with van der Waals surface area (Å²) in [6.07, 6.45) is 3.92. The van der Waals surface area contributed by atoms with Gasteiger partial charge in [0.25, 0.3) is 0 Å². The number of rotatable bonds is 2. The van der Waals surface area contributed by atoms with E-state index in [9.17, 15) is 9.90 Å². The van der Waals surface area contributed by atoms with Crippen molar-refractivity contribution in [2.45, 2.75) is 31.2 Å². The molecule has 2 saturated carbocycles. The van der Waals surface area contributed by atoms with Gasteiger partial charge < -0.3 is 10.4 Å². The molecule has 5 atom stereocenters. The van der Waals surface area contributed by atoms with E-state index in [1.165, 1.54) is 30.4 Å².